The normalized spacial score (nSPS) is 11.2. The molecule has 0 atom stereocenters. The van der Waals surface area contributed by atoms with Gasteiger partial charge in [0.25, 0.3) is 11.6 Å². The molecule has 0 aliphatic heterocycles. The Labute approximate surface area is 112 Å². The first-order valence-electron chi connectivity index (χ1n) is 5.47. The van der Waals surface area contributed by atoms with E-state index >= 15 is 0 Å². The molecule has 1 amide bonds. The van der Waals surface area contributed by atoms with Gasteiger partial charge in [0.05, 0.1) is 30.8 Å². The van der Waals surface area contributed by atoms with Crippen molar-refractivity contribution >= 4 is 11.6 Å². The van der Waals surface area contributed by atoms with Crippen LogP contribution >= 0.6 is 0 Å². The van der Waals surface area contributed by atoms with Crippen LogP contribution in [0, 0.1) is 15.9 Å². The van der Waals surface area contributed by atoms with Gasteiger partial charge in [0.15, 0.2) is 0 Å². The maximum Gasteiger partial charge on any atom is 0.273 e. The van der Waals surface area contributed by atoms with Gasteiger partial charge in [0, 0.05) is 11.6 Å². The van der Waals surface area contributed by atoms with Crippen molar-refractivity contribution < 1.29 is 29.4 Å². The van der Waals surface area contributed by atoms with Crippen LogP contribution in [0.3, 0.4) is 0 Å². The van der Waals surface area contributed by atoms with Gasteiger partial charge >= 0.3 is 0 Å². The van der Waals surface area contributed by atoms with Crippen LogP contribution in [0.1, 0.15) is 10.4 Å². The van der Waals surface area contributed by atoms with E-state index in [-0.39, 0.29) is 5.56 Å². The minimum absolute atomic E-state index is 0.364. The van der Waals surface area contributed by atoms with Crippen LogP contribution in [0.25, 0.3) is 0 Å². The van der Waals surface area contributed by atoms with Crippen LogP contribution in [0.4, 0.5) is 10.1 Å². The summed E-state index contributed by atoms with van der Waals surface area (Å²) in [7, 11) is 0. The lowest BCUT2D eigenvalue weighted by Gasteiger charge is -2.28. The molecule has 0 unspecified atom stereocenters. The van der Waals surface area contributed by atoms with E-state index in [1.165, 1.54) is 0 Å². The quantitative estimate of drug-likeness (QED) is 0.399. The summed E-state index contributed by atoms with van der Waals surface area (Å²) >= 11 is 0. The predicted octanol–water partition coefficient (Wildman–Crippen LogP) is -0.821. The zero-order valence-electron chi connectivity index (χ0n) is 10.2. The molecular formula is C11H13FN2O6. The van der Waals surface area contributed by atoms with E-state index in [1.807, 2.05) is 0 Å². The highest BCUT2D eigenvalue weighted by atomic mass is 19.1. The Morgan fingerprint density at radius 2 is 1.80 bits per heavy atom. The highest BCUT2D eigenvalue weighted by molar-refractivity contribution is 5.95. The Morgan fingerprint density at radius 1 is 1.25 bits per heavy atom. The molecular weight excluding hydrogens is 275 g/mol. The molecule has 0 spiro atoms. The number of nitro benzene ring substituents is 1. The van der Waals surface area contributed by atoms with Crippen LogP contribution < -0.4 is 5.32 Å². The number of rotatable bonds is 6. The molecule has 0 fully saturated rings. The van der Waals surface area contributed by atoms with Crippen molar-refractivity contribution in [2.24, 2.45) is 0 Å². The number of non-ortho nitro benzene ring substituents is 1. The molecule has 0 saturated heterocycles. The fourth-order valence-electron chi connectivity index (χ4n) is 1.39. The lowest BCUT2D eigenvalue weighted by molar-refractivity contribution is -0.385. The van der Waals surface area contributed by atoms with Gasteiger partial charge in [-0.1, -0.05) is 0 Å². The van der Waals surface area contributed by atoms with Crippen molar-refractivity contribution in [3.8, 4) is 0 Å². The number of halogens is 1. The third-order valence-corrected chi connectivity index (χ3v) is 2.64. The van der Waals surface area contributed by atoms with Gasteiger partial charge in [-0.2, -0.15) is 0 Å². The summed E-state index contributed by atoms with van der Waals surface area (Å²) < 4.78 is 13.2. The fraction of sp³-hybridized carbons (Fsp3) is 0.364. The molecule has 1 rings (SSSR count). The number of hydrogen-bond acceptors (Lipinski definition) is 6. The van der Waals surface area contributed by atoms with Crippen LogP contribution in [0.15, 0.2) is 18.2 Å². The van der Waals surface area contributed by atoms with Crippen LogP contribution in [0.5, 0.6) is 0 Å². The van der Waals surface area contributed by atoms with Gasteiger partial charge in [-0.3, -0.25) is 14.9 Å². The molecule has 0 aromatic heterocycles. The third-order valence-electron chi connectivity index (χ3n) is 2.64. The summed E-state index contributed by atoms with van der Waals surface area (Å²) in [6, 6.07) is 2.25. The van der Waals surface area contributed by atoms with E-state index in [1.54, 1.807) is 0 Å². The zero-order valence-corrected chi connectivity index (χ0v) is 10.2. The van der Waals surface area contributed by atoms with Crippen molar-refractivity contribution in [3.05, 3.63) is 39.7 Å². The van der Waals surface area contributed by atoms with Gasteiger partial charge in [-0.05, 0) is 6.07 Å². The van der Waals surface area contributed by atoms with Crippen molar-refractivity contribution in [2.75, 3.05) is 19.8 Å². The summed E-state index contributed by atoms with van der Waals surface area (Å²) in [5, 5.41) is 39.8. The molecule has 0 radical (unpaired) electrons. The second-order valence-corrected chi connectivity index (χ2v) is 4.16. The average Bonchev–Trinajstić information content (AvgIpc) is 2.44. The standard InChI is InChI=1S/C11H13FN2O6/c12-8-1-7(2-9(3-8)14(19)20)10(18)13-11(4-15,5-16)6-17/h1-3,15-17H,4-6H2,(H,13,18). The van der Waals surface area contributed by atoms with Crippen LogP contribution in [-0.4, -0.2) is 51.5 Å². The minimum atomic E-state index is -1.70. The van der Waals surface area contributed by atoms with E-state index in [9.17, 15) is 19.3 Å². The van der Waals surface area contributed by atoms with E-state index < -0.39 is 47.7 Å². The first-order chi connectivity index (χ1) is 9.37. The molecule has 20 heavy (non-hydrogen) atoms. The first-order valence-corrected chi connectivity index (χ1v) is 5.47. The van der Waals surface area contributed by atoms with Crippen LogP contribution in [-0.2, 0) is 0 Å². The van der Waals surface area contributed by atoms with E-state index in [2.05, 4.69) is 5.32 Å². The van der Waals surface area contributed by atoms with E-state index in [0.717, 1.165) is 12.1 Å². The molecule has 8 nitrogen and oxygen atoms in total. The Morgan fingerprint density at radius 3 is 2.25 bits per heavy atom. The van der Waals surface area contributed by atoms with Crippen molar-refractivity contribution in [2.45, 2.75) is 5.54 Å². The second kappa shape index (κ2) is 6.37. The average molecular weight is 288 g/mol. The molecule has 0 aliphatic rings. The molecule has 0 heterocycles. The van der Waals surface area contributed by atoms with Crippen molar-refractivity contribution in [1.29, 1.82) is 0 Å². The monoisotopic (exact) mass is 288 g/mol. The van der Waals surface area contributed by atoms with Crippen molar-refractivity contribution in [3.63, 3.8) is 0 Å². The number of carbonyl (C=O) groups excluding carboxylic acids is 1. The Bertz CT molecular complexity index is 509. The molecule has 110 valence electrons. The number of carbonyl (C=O) groups is 1. The molecule has 1 aromatic rings. The molecule has 0 bridgehead atoms. The predicted molar refractivity (Wildman–Crippen MR) is 64.5 cm³/mol. The van der Waals surface area contributed by atoms with E-state index in [4.69, 9.17) is 15.3 Å². The van der Waals surface area contributed by atoms with Gasteiger partial charge in [-0.15, -0.1) is 0 Å². The number of nitrogens with zero attached hydrogens (tertiary/aromatic N) is 1. The Kier molecular flexibility index (Phi) is 5.08. The summed E-state index contributed by atoms with van der Waals surface area (Å²) in [5.41, 5.74) is -2.67. The molecule has 9 heteroatoms. The largest absolute Gasteiger partial charge is 0.394 e. The summed E-state index contributed by atoms with van der Waals surface area (Å²) in [6.07, 6.45) is 0. The highest BCUT2D eigenvalue weighted by Gasteiger charge is 2.30. The molecule has 0 saturated carbocycles. The number of benzene rings is 1. The fourth-order valence-corrected chi connectivity index (χ4v) is 1.39. The molecule has 0 aliphatic carbocycles. The lowest BCUT2D eigenvalue weighted by Crippen LogP contribution is -2.57. The first kappa shape index (κ1) is 16.0. The number of nitro groups is 1. The second-order valence-electron chi connectivity index (χ2n) is 4.16. The SMILES string of the molecule is O=C(NC(CO)(CO)CO)c1cc(F)cc([N+](=O)[O-])c1. The van der Waals surface area contributed by atoms with Crippen molar-refractivity contribution in [1.82, 2.24) is 5.32 Å². The number of aliphatic hydroxyl groups excluding tert-OH is 3. The summed E-state index contributed by atoms with van der Waals surface area (Å²) in [4.78, 5) is 21.5. The summed E-state index contributed by atoms with van der Waals surface area (Å²) in [6.45, 7) is -2.28. The topological polar surface area (TPSA) is 133 Å². The maximum absolute atomic E-state index is 13.2. The third kappa shape index (κ3) is 3.47. The Balaban J connectivity index is 3.06. The number of hydrogen-bond donors (Lipinski definition) is 4. The van der Waals surface area contributed by atoms with Gasteiger partial charge in [0.2, 0.25) is 0 Å². The van der Waals surface area contributed by atoms with E-state index in [0.29, 0.717) is 6.07 Å². The van der Waals surface area contributed by atoms with Crippen LogP contribution in [0.2, 0.25) is 0 Å². The smallest absolute Gasteiger partial charge is 0.273 e. The lowest BCUT2D eigenvalue weighted by atomic mass is 10.0. The number of aliphatic hydroxyl groups is 3. The number of amides is 1. The molecule has 1 aromatic carbocycles. The Hall–Kier alpha value is -2.10. The highest BCUT2D eigenvalue weighted by Crippen LogP contribution is 2.17. The minimum Gasteiger partial charge on any atom is -0.394 e. The zero-order chi connectivity index (χ0) is 15.3. The number of nitrogens with one attached hydrogen (secondary N) is 1. The van der Waals surface area contributed by atoms with Gasteiger partial charge < -0.3 is 20.6 Å². The summed E-state index contributed by atoms with van der Waals surface area (Å²) in [5.74, 6) is -1.95. The molecule has 4 N–H and O–H groups in total. The van der Waals surface area contributed by atoms with Gasteiger partial charge in [0.1, 0.15) is 11.4 Å². The maximum atomic E-state index is 13.2. The van der Waals surface area contributed by atoms with Gasteiger partial charge in [-0.25, -0.2) is 4.39 Å².